The quantitative estimate of drug-likeness (QED) is 0.710. The topological polar surface area (TPSA) is 91.2 Å². The second-order valence-electron chi connectivity index (χ2n) is 9.74. The van der Waals surface area contributed by atoms with Crippen molar-refractivity contribution in [3.63, 3.8) is 0 Å². The standard InChI is InChI=1S/C22H26ClN5O2S/c23-15-9-24-20(25-10-15)14-7-21(8-14)11-28(12-21)18-6-17(27-22(13-29)3-1-4-22)19-16(26-18)2-5-31(19)30/h6,9-10,14,29H,1-5,7-8,11-13H2,(H,26,27). The van der Waals surface area contributed by atoms with Crippen molar-refractivity contribution in [2.24, 2.45) is 5.41 Å². The molecule has 2 aromatic rings. The number of rotatable bonds is 5. The molecule has 4 aliphatic rings. The number of aliphatic hydroxyl groups is 1. The minimum Gasteiger partial charge on any atom is -0.394 e. The van der Waals surface area contributed by atoms with Gasteiger partial charge in [0.25, 0.3) is 0 Å². The minimum absolute atomic E-state index is 0.104. The van der Waals surface area contributed by atoms with Crippen LogP contribution in [0.1, 0.15) is 49.5 Å². The average molecular weight is 460 g/mol. The maximum atomic E-state index is 12.6. The number of nitrogens with one attached hydrogen (secondary N) is 1. The highest BCUT2D eigenvalue weighted by atomic mass is 35.5. The number of hydrogen-bond donors (Lipinski definition) is 2. The highest BCUT2D eigenvalue weighted by Gasteiger charge is 2.54. The van der Waals surface area contributed by atoms with Gasteiger partial charge in [-0.25, -0.2) is 15.0 Å². The summed E-state index contributed by atoms with van der Waals surface area (Å²) < 4.78 is 12.6. The molecule has 0 radical (unpaired) electrons. The fourth-order valence-corrected chi connectivity index (χ4v) is 7.08. The van der Waals surface area contributed by atoms with Crippen LogP contribution in [-0.4, -0.2) is 55.3 Å². The molecule has 0 amide bonds. The van der Waals surface area contributed by atoms with Crippen molar-refractivity contribution in [1.29, 1.82) is 0 Å². The number of hydrogen-bond acceptors (Lipinski definition) is 7. The van der Waals surface area contributed by atoms with Crippen LogP contribution >= 0.6 is 11.6 Å². The largest absolute Gasteiger partial charge is 0.394 e. The lowest BCUT2D eigenvalue weighted by atomic mass is 9.57. The summed E-state index contributed by atoms with van der Waals surface area (Å²) in [5, 5.41) is 14.0. The zero-order chi connectivity index (χ0) is 21.2. The number of pyridine rings is 1. The molecule has 164 valence electrons. The Kier molecular flexibility index (Phi) is 4.56. The van der Waals surface area contributed by atoms with Gasteiger partial charge in [-0.1, -0.05) is 11.6 Å². The summed E-state index contributed by atoms with van der Waals surface area (Å²) in [7, 11) is -1.01. The van der Waals surface area contributed by atoms with Gasteiger partial charge in [-0.3, -0.25) is 4.21 Å². The summed E-state index contributed by atoms with van der Waals surface area (Å²) in [5.74, 6) is 2.91. The number of aromatic nitrogens is 3. The normalized spacial score (nSPS) is 25.5. The molecule has 2 aliphatic heterocycles. The second-order valence-corrected chi connectivity index (χ2v) is 11.7. The molecule has 3 fully saturated rings. The number of halogens is 1. The SMILES string of the molecule is O=S1CCc2nc(N3CC4(CC(c5ncc(Cl)cn5)C4)C3)cc(NC3(CO)CCC3)c21. The summed E-state index contributed by atoms with van der Waals surface area (Å²) >= 11 is 5.91. The van der Waals surface area contributed by atoms with Crippen molar-refractivity contribution in [1.82, 2.24) is 15.0 Å². The molecule has 7 nitrogen and oxygen atoms in total. The third-order valence-corrected chi connectivity index (χ3v) is 9.22. The van der Waals surface area contributed by atoms with Crippen molar-refractivity contribution in [2.75, 3.05) is 35.7 Å². The third kappa shape index (κ3) is 3.26. The van der Waals surface area contributed by atoms with Crippen LogP contribution in [0.15, 0.2) is 23.4 Å². The zero-order valence-corrected chi connectivity index (χ0v) is 18.9. The van der Waals surface area contributed by atoms with E-state index in [1.807, 2.05) is 0 Å². The highest BCUT2D eigenvalue weighted by Crippen LogP contribution is 2.56. The van der Waals surface area contributed by atoms with Crippen LogP contribution in [0, 0.1) is 5.41 Å². The molecule has 2 aliphatic carbocycles. The Morgan fingerprint density at radius 1 is 1.26 bits per heavy atom. The van der Waals surface area contributed by atoms with Crippen LogP contribution in [0.2, 0.25) is 5.02 Å². The highest BCUT2D eigenvalue weighted by molar-refractivity contribution is 7.85. The number of nitrogens with zero attached hydrogens (tertiary/aromatic N) is 4. The number of fused-ring (bicyclic) bond motifs is 1. The number of aryl methyl sites for hydroxylation is 1. The van der Waals surface area contributed by atoms with E-state index >= 15 is 0 Å². The molecule has 4 heterocycles. The molecular formula is C22H26ClN5O2S. The van der Waals surface area contributed by atoms with E-state index in [0.29, 0.717) is 22.1 Å². The fraction of sp³-hybridized carbons (Fsp3) is 0.591. The predicted molar refractivity (Wildman–Crippen MR) is 120 cm³/mol. The van der Waals surface area contributed by atoms with Crippen LogP contribution in [-0.2, 0) is 17.2 Å². The number of aliphatic hydroxyl groups excluding tert-OH is 1. The monoisotopic (exact) mass is 459 g/mol. The van der Waals surface area contributed by atoms with Gasteiger partial charge in [-0.05, 0) is 32.1 Å². The van der Waals surface area contributed by atoms with E-state index in [0.717, 1.165) is 79.5 Å². The van der Waals surface area contributed by atoms with Gasteiger partial charge >= 0.3 is 0 Å². The van der Waals surface area contributed by atoms with Crippen LogP contribution in [0.4, 0.5) is 11.5 Å². The molecule has 9 heteroatoms. The average Bonchev–Trinajstić information content (AvgIpc) is 3.05. The molecule has 1 unspecified atom stereocenters. The van der Waals surface area contributed by atoms with E-state index in [1.165, 1.54) is 0 Å². The molecule has 2 saturated carbocycles. The van der Waals surface area contributed by atoms with Crippen LogP contribution in [0.5, 0.6) is 0 Å². The van der Waals surface area contributed by atoms with Crippen molar-refractivity contribution >= 4 is 33.9 Å². The van der Waals surface area contributed by atoms with Gasteiger partial charge in [0, 0.05) is 55.1 Å². The predicted octanol–water partition coefficient (Wildman–Crippen LogP) is 2.90. The Labute approximate surface area is 189 Å². The summed E-state index contributed by atoms with van der Waals surface area (Å²) in [6.07, 6.45) is 9.31. The zero-order valence-electron chi connectivity index (χ0n) is 17.3. The Balaban J connectivity index is 1.18. The lowest BCUT2D eigenvalue weighted by Crippen LogP contribution is -2.62. The lowest BCUT2D eigenvalue weighted by molar-refractivity contribution is 0.0589. The maximum absolute atomic E-state index is 12.6. The van der Waals surface area contributed by atoms with Gasteiger partial charge in [0.05, 0.1) is 44.2 Å². The molecule has 1 atom stereocenters. The molecule has 6 rings (SSSR count). The summed E-state index contributed by atoms with van der Waals surface area (Å²) in [6, 6.07) is 2.06. The first-order valence-electron chi connectivity index (χ1n) is 11.0. The smallest absolute Gasteiger partial charge is 0.131 e. The van der Waals surface area contributed by atoms with Crippen LogP contribution in [0.3, 0.4) is 0 Å². The lowest BCUT2D eigenvalue weighted by Gasteiger charge is -2.59. The van der Waals surface area contributed by atoms with Crippen LogP contribution in [0.25, 0.3) is 0 Å². The Hall–Kier alpha value is -1.77. The summed E-state index contributed by atoms with van der Waals surface area (Å²) in [6.45, 7) is 2.07. The summed E-state index contributed by atoms with van der Waals surface area (Å²) in [5.41, 5.74) is 1.92. The third-order valence-electron chi connectivity index (χ3n) is 7.54. The molecule has 0 bridgehead atoms. The van der Waals surface area contributed by atoms with Gasteiger partial charge in [0.1, 0.15) is 11.6 Å². The van der Waals surface area contributed by atoms with Crippen molar-refractivity contribution < 1.29 is 9.32 Å². The molecule has 2 aromatic heterocycles. The molecule has 2 N–H and O–H groups in total. The molecule has 31 heavy (non-hydrogen) atoms. The van der Waals surface area contributed by atoms with Gasteiger partial charge in [0.15, 0.2) is 0 Å². The molecule has 1 spiro atoms. The van der Waals surface area contributed by atoms with Gasteiger partial charge < -0.3 is 15.3 Å². The van der Waals surface area contributed by atoms with Crippen LogP contribution < -0.4 is 10.2 Å². The van der Waals surface area contributed by atoms with E-state index < -0.39 is 10.8 Å². The molecule has 1 saturated heterocycles. The van der Waals surface area contributed by atoms with Gasteiger partial charge in [0.2, 0.25) is 0 Å². The van der Waals surface area contributed by atoms with E-state index in [1.54, 1.807) is 12.4 Å². The Morgan fingerprint density at radius 2 is 2.00 bits per heavy atom. The van der Waals surface area contributed by atoms with Gasteiger partial charge in [-0.15, -0.1) is 0 Å². The van der Waals surface area contributed by atoms with E-state index in [2.05, 4.69) is 26.3 Å². The first-order chi connectivity index (χ1) is 15.0. The van der Waals surface area contributed by atoms with Crippen molar-refractivity contribution in [2.45, 2.75) is 54.9 Å². The first kappa shape index (κ1) is 19.9. The Bertz CT molecular complexity index is 1040. The summed E-state index contributed by atoms with van der Waals surface area (Å²) in [4.78, 5) is 16.8. The van der Waals surface area contributed by atoms with E-state index in [-0.39, 0.29) is 12.1 Å². The first-order valence-corrected chi connectivity index (χ1v) is 12.7. The number of anilines is 2. The second kappa shape index (κ2) is 7.12. The molecule has 0 aromatic carbocycles. The maximum Gasteiger partial charge on any atom is 0.131 e. The van der Waals surface area contributed by atoms with Crippen molar-refractivity contribution in [3.05, 3.63) is 35.0 Å². The Morgan fingerprint density at radius 3 is 2.65 bits per heavy atom. The van der Waals surface area contributed by atoms with Crippen molar-refractivity contribution in [3.8, 4) is 0 Å². The minimum atomic E-state index is -1.01. The molecular weight excluding hydrogens is 434 g/mol. The fourth-order valence-electron chi connectivity index (χ4n) is 5.64. The van der Waals surface area contributed by atoms with E-state index in [9.17, 15) is 9.32 Å². The van der Waals surface area contributed by atoms with Gasteiger partial charge in [-0.2, -0.15) is 0 Å². The van der Waals surface area contributed by atoms with E-state index in [4.69, 9.17) is 16.6 Å².